The fraction of sp³-hybridized carbons (Fsp3) is 0.531. The predicted molar refractivity (Wildman–Crippen MR) is 155 cm³/mol. The normalized spacial score (nSPS) is 23.7. The van der Waals surface area contributed by atoms with E-state index in [1.807, 2.05) is 45.0 Å². The Hall–Kier alpha value is -3.03. The standard InChI is InChI=1S/C32H42N4O3/c1-21-5-4-6-25(17-21)31(38)34-29-19-24-8-7-22(20-35-15-13-26(14-16-35)32(2,3)39)18-28(24)36(29)27-11-9-23(10-12-27)30(33)37/h4-8,17-18,23,26-27,39H,9-16,19-20H2,1-3H3,(H2,33,37). The Kier molecular flexibility index (Phi) is 7.92. The van der Waals surface area contributed by atoms with Crippen LogP contribution < -0.4 is 10.6 Å². The molecule has 1 saturated heterocycles. The van der Waals surface area contributed by atoms with Crippen LogP contribution in [0.5, 0.6) is 0 Å². The van der Waals surface area contributed by atoms with Crippen molar-refractivity contribution in [2.45, 2.75) is 83.9 Å². The van der Waals surface area contributed by atoms with Gasteiger partial charge in [-0.05, 0) is 108 Å². The van der Waals surface area contributed by atoms with Crippen LogP contribution in [0, 0.1) is 18.8 Å². The molecule has 0 bridgehead atoms. The van der Waals surface area contributed by atoms with Gasteiger partial charge in [-0.3, -0.25) is 14.5 Å². The third-order valence-electron chi connectivity index (χ3n) is 8.99. The maximum absolute atomic E-state index is 13.2. The van der Waals surface area contributed by atoms with Gasteiger partial charge in [0.1, 0.15) is 5.84 Å². The van der Waals surface area contributed by atoms with Gasteiger partial charge in [-0.15, -0.1) is 0 Å². The zero-order valence-electron chi connectivity index (χ0n) is 23.5. The molecule has 39 heavy (non-hydrogen) atoms. The highest BCUT2D eigenvalue weighted by molar-refractivity contribution is 6.12. The van der Waals surface area contributed by atoms with Crippen LogP contribution in [0.3, 0.4) is 0 Å². The lowest BCUT2D eigenvalue weighted by Gasteiger charge is -2.38. The minimum Gasteiger partial charge on any atom is -0.390 e. The van der Waals surface area contributed by atoms with Gasteiger partial charge in [-0.2, -0.15) is 4.99 Å². The number of nitrogens with two attached hydrogens (primary N) is 1. The molecule has 208 valence electrons. The van der Waals surface area contributed by atoms with Crippen molar-refractivity contribution in [3.8, 4) is 0 Å². The number of fused-ring (bicyclic) bond motifs is 1. The zero-order chi connectivity index (χ0) is 27.7. The molecule has 0 spiro atoms. The molecule has 2 amide bonds. The van der Waals surface area contributed by atoms with Crippen molar-refractivity contribution >= 4 is 23.3 Å². The van der Waals surface area contributed by atoms with E-state index in [1.165, 1.54) is 11.1 Å². The second-order valence-electron chi connectivity index (χ2n) is 12.3. The summed E-state index contributed by atoms with van der Waals surface area (Å²) in [6, 6.07) is 14.4. The van der Waals surface area contributed by atoms with E-state index in [-0.39, 0.29) is 23.8 Å². The number of nitrogens with zero attached hydrogens (tertiary/aromatic N) is 3. The molecule has 3 aliphatic rings. The SMILES string of the molecule is Cc1cccc(C(=O)N=C2Cc3ccc(CN4CCC(C(C)(C)O)CC4)cc3N2C2CCC(C(N)=O)CC2)c1. The van der Waals surface area contributed by atoms with Crippen LogP contribution in [-0.2, 0) is 17.8 Å². The van der Waals surface area contributed by atoms with Gasteiger partial charge in [-0.25, -0.2) is 0 Å². The van der Waals surface area contributed by atoms with Crippen LogP contribution in [0.15, 0.2) is 47.5 Å². The summed E-state index contributed by atoms with van der Waals surface area (Å²) in [5.41, 5.74) is 10.2. The summed E-state index contributed by atoms with van der Waals surface area (Å²) < 4.78 is 0. The molecule has 1 saturated carbocycles. The smallest absolute Gasteiger partial charge is 0.278 e. The topological polar surface area (TPSA) is 99.2 Å². The minimum atomic E-state index is -0.626. The molecule has 0 radical (unpaired) electrons. The summed E-state index contributed by atoms with van der Waals surface area (Å²) in [5.74, 6) is 0.629. The number of carbonyl (C=O) groups excluding carboxylic acids is 2. The number of piperidine rings is 1. The van der Waals surface area contributed by atoms with Gasteiger partial charge >= 0.3 is 0 Å². The number of aryl methyl sites for hydroxylation is 1. The van der Waals surface area contributed by atoms with E-state index in [2.05, 4.69) is 33.0 Å². The Morgan fingerprint density at radius 3 is 2.38 bits per heavy atom. The summed E-state index contributed by atoms with van der Waals surface area (Å²) in [7, 11) is 0. The Morgan fingerprint density at radius 1 is 1.03 bits per heavy atom. The number of amides is 2. The molecule has 2 fully saturated rings. The van der Waals surface area contributed by atoms with Crippen LogP contribution in [0.2, 0.25) is 0 Å². The number of rotatable bonds is 6. The molecule has 2 aromatic rings. The highest BCUT2D eigenvalue weighted by atomic mass is 16.3. The molecular weight excluding hydrogens is 488 g/mol. The van der Waals surface area contributed by atoms with E-state index in [0.29, 0.717) is 17.9 Å². The quantitative estimate of drug-likeness (QED) is 0.568. The molecule has 2 heterocycles. The highest BCUT2D eigenvalue weighted by Gasteiger charge is 2.36. The van der Waals surface area contributed by atoms with E-state index in [4.69, 9.17) is 5.73 Å². The molecule has 2 aliphatic heterocycles. The van der Waals surface area contributed by atoms with Crippen molar-refractivity contribution in [1.82, 2.24) is 4.90 Å². The van der Waals surface area contributed by atoms with E-state index in [1.54, 1.807) is 0 Å². The minimum absolute atomic E-state index is 0.0733. The van der Waals surface area contributed by atoms with Crippen LogP contribution in [-0.4, -0.2) is 52.4 Å². The van der Waals surface area contributed by atoms with E-state index in [9.17, 15) is 14.7 Å². The first kappa shape index (κ1) is 27.5. The molecule has 5 rings (SSSR count). The Bertz CT molecular complexity index is 1250. The lowest BCUT2D eigenvalue weighted by molar-refractivity contribution is -0.122. The lowest BCUT2D eigenvalue weighted by Crippen LogP contribution is -2.42. The van der Waals surface area contributed by atoms with Crippen LogP contribution >= 0.6 is 0 Å². The lowest BCUT2D eigenvalue weighted by atomic mass is 9.83. The number of anilines is 1. The van der Waals surface area contributed by atoms with E-state index < -0.39 is 5.60 Å². The van der Waals surface area contributed by atoms with Gasteiger partial charge in [0.2, 0.25) is 5.91 Å². The third kappa shape index (κ3) is 6.25. The van der Waals surface area contributed by atoms with Crippen molar-refractivity contribution in [3.05, 3.63) is 64.7 Å². The number of hydrogen-bond acceptors (Lipinski definition) is 4. The van der Waals surface area contributed by atoms with E-state index >= 15 is 0 Å². The largest absolute Gasteiger partial charge is 0.390 e. The molecule has 0 aromatic heterocycles. The first-order valence-electron chi connectivity index (χ1n) is 14.4. The number of primary amides is 1. The highest BCUT2D eigenvalue weighted by Crippen LogP contribution is 2.38. The summed E-state index contributed by atoms with van der Waals surface area (Å²) in [6.45, 7) is 8.63. The number of amidine groups is 1. The van der Waals surface area contributed by atoms with Gasteiger partial charge in [0, 0.05) is 36.2 Å². The van der Waals surface area contributed by atoms with Crippen molar-refractivity contribution in [2.75, 3.05) is 18.0 Å². The summed E-state index contributed by atoms with van der Waals surface area (Å²) in [6.07, 6.45) is 5.85. The Balaban J connectivity index is 1.38. The Morgan fingerprint density at radius 2 is 1.74 bits per heavy atom. The summed E-state index contributed by atoms with van der Waals surface area (Å²) in [4.78, 5) is 34.4. The maximum Gasteiger partial charge on any atom is 0.278 e. The molecule has 7 nitrogen and oxygen atoms in total. The predicted octanol–water partition coefficient (Wildman–Crippen LogP) is 4.62. The molecule has 2 aromatic carbocycles. The Labute approximate surface area is 232 Å². The number of carbonyl (C=O) groups is 2. The molecule has 0 unspecified atom stereocenters. The van der Waals surface area contributed by atoms with Crippen LogP contribution in [0.4, 0.5) is 5.69 Å². The van der Waals surface area contributed by atoms with E-state index in [0.717, 1.165) is 75.2 Å². The molecule has 3 N–H and O–H groups in total. The number of hydrogen-bond donors (Lipinski definition) is 2. The summed E-state index contributed by atoms with van der Waals surface area (Å²) in [5, 5.41) is 10.4. The summed E-state index contributed by atoms with van der Waals surface area (Å²) >= 11 is 0. The van der Waals surface area contributed by atoms with Crippen LogP contribution in [0.25, 0.3) is 0 Å². The van der Waals surface area contributed by atoms with Gasteiger partial charge in [0.05, 0.1) is 5.60 Å². The molecular formula is C32H42N4O3. The number of aliphatic imine (C=N–C) groups is 1. The average Bonchev–Trinajstić information content (AvgIpc) is 3.25. The third-order valence-corrected chi connectivity index (χ3v) is 8.99. The molecule has 1 aliphatic carbocycles. The van der Waals surface area contributed by atoms with Crippen molar-refractivity contribution in [1.29, 1.82) is 0 Å². The van der Waals surface area contributed by atoms with Gasteiger partial charge < -0.3 is 15.7 Å². The maximum atomic E-state index is 13.2. The van der Waals surface area contributed by atoms with Gasteiger partial charge in [0.25, 0.3) is 5.91 Å². The first-order valence-corrected chi connectivity index (χ1v) is 14.4. The monoisotopic (exact) mass is 530 g/mol. The van der Waals surface area contributed by atoms with Crippen molar-refractivity contribution < 1.29 is 14.7 Å². The fourth-order valence-electron chi connectivity index (χ4n) is 6.61. The van der Waals surface area contributed by atoms with Gasteiger partial charge in [0.15, 0.2) is 0 Å². The molecule has 7 heteroatoms. The average molecular weight is 531 g/mol. The zero-order valence-corrected chi connectivity index (χ0v) is 23.5. The first-order chi connectivity index (χ1) is 18.6. The number of aliphatic hydroxyl groups is 1. The molecule has 0 atom stereocenters. The fourth-order valence-corrected chi connectivity index (χ4v) is 6.61. The second kappa shape index (κ2) is 11.2. The number of likely N-dealkylation sites (tertiary alicyclic amines) is 1. The van der Waals surface area contributed by atoms with Crippen LogP contribution in [0.1, 0.15) is 79.4 Å². The van der Waals surface area contributed by atoms with Gasteiger partial charge in [-0.1, -0.05) is 29.8 Å². The second-order valence-corrected chi connectivity index (χ2v) is 12.3. The van der Waals surface area contributed by atoms with Crippen molar-refractivity contribution in [3.63, 3.8) is 0 Å². The van der Waals surface area contributed by atoms with Crippen molar-refractivity contribution in [2.24, 2.45) is 22.6 Å². The number of benzene rings is 2.